The average Bonchev–Trinajstić information content (AvgIpc) is 2.43. The van der Waals surface area contributed by atoms with Crippen LogP contribution in [-0.4, -0.2) is 30.5 Å². The summed E-state index contributed by atoms with van der Waals surface area (Å²) in [5.41, 5.74) is 0.445. The van der Waals surface area contributed by atoms with Crippen LogP contribution in [0.4, 0.5) is 0 Å². The van der Waals surface area contributed by atoms with Crippen LogP contribution in [0.3, 0.4) is 0 Å². The number of aliphatic carboxylic acids is 1. The lowest BCUT2D eigenvalue weighted by atomic mass is 10.1. The lowest BCUT2D eigenvalue weighted by molar-refractivity contribution is -0.136. The molecule has 6 heteroatoms. The minimum atomic E-state index is -3.91. The van der Waals surface area contributed by atoms with Gasteiger partial charge in [0.1, 0.15) is 0 Å². The third kappa shape index (κ3) is 3.66. The van der Waals surface area contributed by atoms with Crippen molar-refractivity contribution in [3.05, 3.63) is 29.8 Å². The summed E-state index contributed by atoms with van der Waals surface area (Å²) in [4.78, 5) is 22.5. The van der Waals surface area contributed by atoms with E-state index in [4.69, 9.17) is 5.11 Å². The van der Waals surface area contributed by atoms with E-state index in [2.05, 4.69) is 0 Å². The van der Waals surface area contributed by atoms with Gasteiger partial charge in [-0.2, -0.15) is 0 Å². The molecule has 1 aromatic carbocycles. The number of sulfone groups is 1. The molecule has 20 heavy (non-hydrogen) atoms. The van der Waals surface area contributed by atoms with E-state index in [0.29, 0.717) is 12.0 Å². The molecule has 1 atom stereocenters. The van der Waals surface area contributed by atoms with Crippen LogP contribution in [0.2, 0.25) is 0 Å². The Kier molecular flexibility index (Phi) is 5.44. The van der Waals surface area contributed by atoms with Crippen molar-refractivity contribution in [2.75, 3.05) is 0 Å². The van der Waals surface area contributed by atoms with E-state index in [1.165, 1.54) is 24.3 Å². The molecule has 0 saturated carbocycles. The molecule has 110 valence electrons. The molecule has 0 radical (unpaired) electrons. The molecule has 1 unspecified atom stereocenters. The fourth-order valence-electron chi connectivity index (χ4n) is 1.65. The molecular weight excluding hydrogens is 280 g/mol. The summed E-state index contributed by atoms with van der Waals surface area (Å²) in [5, 5.41) is 7.28. The molecule has 1 aromatic rings. The van der Waals surface area contributed by atoms with E-state index < -0.39 is 21.1 Å². The van der Waals surface area contributed by atoms with Crippen LogP contribution in [0.25, 0.3) is 0 Å². The Morgan fingerprint density at radius 1 is 1.20 bits per heavy atom. The fraction of sp³-hybridized carbons (Fsp3) is 0.429. The van der Waals surface area contributed by atoms with E-state index in [9.17, 15) is 18.0 Å². The van der Waals surface area contributed by atoms with Gasteiger partial charge < -0.3 is 5.11 Å². The Bertz CT molecular complexity index is 586. The fourth-order valence-corrected chi connectivity index (χ4v) is 2.84. The van der Waals surface area contributed by atoms with Gasteiger partial charge in [-0.3, -0.25) is 9.59 Å². The molecule has 0 amide bonds. The van der Waals surface area contributed by atoms with Gasteiger partial charge in [-0.1, -0.05) is 25.5 Å². The predicted octanol–water partition coefficient (Wildman–Crippen LogP) is 2.31. The van der Waals surface area contributed by atoms with Crippen molar-refractivity contribution < 1.29 is 23.1 Å². The zero-order chi connectivity index (χ0) is 15.3. The number of carboxylic acids is 1. The number of Topliss-reactive ketones (excluding diaryl/α,β-unsaturated/α-hetero) is 1. The van der Waals surface area contributed by atoms with Crippen LogP contribution in [0.1, 0.15) is 43.5 Å². The van der Waals surface area contributed by atoms with Crippen molar-refractivity contribution in [1.29, 1.82) is 0 Å². The number of hydrogen-bond acceptors (Lipinski definition) is 4. The number of carbonyl (C=O) groups excluding carboxylic acids is 1. The highest BCUT2D eigenvalue weighted by atomic mass is 32.2. The molecular formula is C14H18O5S. The normalized spacial score (nSPS) is 12.9. The van der Waals surface area contributed by atoms with E-state index in [-0.39, 0.29) is 10.7 Å². The van der Waals surface area contributed by atoms with Gasteiger partial charge in [0, 0.05) is 12.0 Å². The molecule has 1 rings (SSSR count). The third-order valence-electron chi connectivity index (χ3n) is 3.08. The number of ketones is 1. The lowest BCUT2D eigenvalue weighted by Crippen LogP contribution is -2.26. The average molecular weight is 298 g/mol. The predicted molar refractivity (Wildman–Crippen MR) is 74.6 cm³/mol. The van der Waals surface area contributed by atoms with Crippen LogP contribution in [0.5, 0.6) is 0 Å². The molecule has 0 aliphatic heterocycles. The molecule has 0 aliphatic carbocycles. The molecule has 0 aromatic heterocycles. The maximum absolute atomic E-state index is 12.0. The first kappa shape index (κ1) is 16.4. The molecule has 5 nitrogen and oxygen atoms in total. The summed E-state index contributed by atoms with van der Waals surface area (Å²) in [6.45, 7) is 3.11. The highest BCUT2D eigenvalue weighted by Crippen LogP contribution is 2.18. The van der Waals surface area contributed by atoms with Gasteiger partial charge in [0.25, 0.3) is 0 Å². The highest BCUT2D eigenvalue weighted by molar-refractivity contribution is 7.92. The zero-order valence-electron chi connectivity index (χ0n) is 11.5. The van der Waals surface area contributed by atoms with Crippen molar-refractivity contribution in [2.24, 2.45) is 0 Å². The van der Waals surface area contributed by atoms with E-state index >= 15 is 0 Å². The number of carbonyl (C=O) groups is 2. The maximum Gasteiger partial charge on any atom is 0.321 e. The Labute approximate surface area is 118 Å². The van der Waals surface area contributed by atoms with Gasteiger partial charge in [-0.05, 0) is 25.5 Å². The van der Waals surface area contributed by atoms with E-state index in [0.717, 1.165) is 19.8 Å². The minimum absolute atomic E-state index is 0.0397. The van der Waals surface area contributed by atoms with Crippen molar-refractivity contribution >= 4 is 21.6 Å². The van der Waals surface area contributed by atoms with Crippen LogP contribution in [0.15, 0.2) is 29.2 Å². The van der Waals surface area contributed by atoms with Gasteiger partial charge in [-0.15, -0.1) is 0 Å². The van der Waals surface area contributed by atoms with Gasteiger partial charge >= 0.3 is 5.97 Å². The topological polar surface area (TPSA) is 88.5 Å². The monoisotopic (exact) mass is 298 g/mol. The maximum atomic E-state index is 12.0. The number of unbranched alkanes of at least 4 members (excludes halogenated alkanes) is 1. The summed E-state index contributed by atoms with van der Waals surface area (Å²) in [5.74, 6) is -1.44. The number of hydrogen-bond donors (Lipinski definition) is 1. The summed E-state index contributed by atoms with van der Waals surface area (Å²) >= 11 is 0. The Morgan fingerprint density at radius 3 is 2.20 bits per heavy atom. The summed E-state index contributed by atoms with van der Waals surface area (Å²) in [6.07, 6.45) is 2.12. The quantitative estimate of drug-likeness (QED) is 0.780. The third-order valence-corrected chi connectivity index (χ3v) is 5.14. The number of carboxylic acid groups (broad SMARTS) is 1. The summed E-state index contributed by atoms with van der Waals surface area (Å²) in [6, 6.07) is 5.43. The largest absolute Gasteiger partial charge is 0.480 e. The second-order valence-electron chi connectivity index (χ2n) is 4.58. The first-order valence-electron chi connectivity index (χ1n) is 6.40. The smallest absolute Gasteiger partial charge is 0.321 e. The Hall–Kier alpha value is -1.69. The van der Waals surface area contributed by atoms with Crippen LogP contribution in [0, 0.1) is 0 Å². The molecule has 0 bridgehead atoms. The van der Waals surface area contributed by atoms with E-state index in [1.807, 2.05) is 6.92 Å². The minimum Gasteiger partial charge on any atom is -0.480 e. The van der Waals surface area contributed by atoms with Gasteiger partial charge in [0.05, 0.1) is 4.90 Å². The van der Waals surface area contributed by atoms with Gasteiger partial charge in [-0.25, -0.2) is 8.42 Å². The molecule has 0 heterocycles. The Balaban J connectivity index is 2.97. The van der Waals surface area contributed by atoms with Crippen molar-refractivity contribution in [1.82, 2.24) is 0 Å². The van der Waals surface area contributed by atoms with Gasteiger partial charge in [0.2, 0.25) is 0 Å². The molecule has 0 saturated heterocycles. The number of benzene rings is 1. The second kappa shape index (κ2) is 6.65. The first-order valence-corrected chi connectivity index (χ1v) is 7.95. The second-order valence-corrected chi connectivity index (χ2v) is 6.85. The first-order chi connectivity index (χ1) is 9.30. The Morgan fingerprint density at radius 2 is 1.75 bits per heavy atom. The van der Waals surface area contributed by atoms with Crippen molar-refractivity contribution in [2.45, 2.75) is 43.3 Å². The molecule has 1 N–H and O–H groups in total. The SMILES string of the molecule is CCCCC(=O)c1ccc(S(=O)(=O)C(C)C(=O)O)cc1. The van der Waals surface area contributed by atoms with E-state index in [1.54, 1.807) is 0 Å². The number of rotatable bonds is 7. The van der Waals surface area contributed by atoms with Gasteiger partial charge in [0.15, 0.2) is 20.9 Å². The summed E-state index contributed by atoms with van der Waals surface area (Å²) in [7, 11) is -3.91. The highest BCUT2D eigenvalue weighted by Gasteiger charge is 2.29. The molecule has 0 aliphatic rings. The zero-order valence-corrected chi connectivity index (χ0v) is 12.3. The molecule has 0 spiro atoms. The standard InChI is InChI=1S/C14H18O5S/c1-3-4-5-13(15)11-6-8-12(9-7-11)20(18,19)10(2)14(16)17/h6-10H,3-5H2,1-2H3,(H,16,17). The summed E-state index contributed by atoms with van der Waals surface area (Å²) < 4.78 is 23.9. The van der Waals surface area contributed by atoms with Crippen LogP contribution in [-0.2, 0) is 14.6 Å². The van der Waals surface area contributed by atoms with Crippen LogP contribution >= 0.6 is 0 Å². The van der Waals surface area contributed by atoms with Crippen LogP contribution < -0.4 is 0 Å². The van der Waals surface area contributed by atoms with Crippen molar-refractivity contribution in [3.8, 4) is 0 Å². The molecule has 0 fully saturated rings. The lowest BCUT2D eigenvalue weighted by Gasteiger charge is -2.09. The van der Waals surface area contributed by atoms with Crippen molar-refractivity contribution in [3.63, 3.8) is 0 Å².